The highest BCUT2D eigenvalue weighted by Gasteiger charge is 2.74. The van der Waals surface area contributed by atoms with Crippen LogP contribution in [-0.4, -0.2) is 74.5 Å². The van der Waals surface area contributed by atoms with Gasteiger partial charge in [-0.1, -0.05) is 46.3 Å². The molecule has 0 spiro atoms. The van der Waals surface area contributed by atoms with Crippen molar-refractivity contribution in [1.29, 1.82) is 0 Å². The minimum absolute atomic E-state index is 0.0460. The van der Waals surface area contributed by atoms with Crippen LogP contribution in [0.15, 0.2) is 46.1 Å². The van der Waals surface area contributed by atoms with E-state index in [0.717, 1.165) is 5.57 Å². The summed E-state index contributed by atoms with van der Waals surface area (Å²) in [5.74, 6) is -4.74. The number of aliphatic hydroxyl groups is 2. The molecule has 0 unspecified atom stereocenters. The van der Waals surface area contributed by atoms with Crippen molar-refractivity contribution in [3.63, 3.8) is 0 Å². The van der Waals surface area contributed by atoms with Crippen molar-refractivity contribution in [3.05, 3.63) is 46.1 Å². The molecule has 0 bridgehead atoms. The van der Waals surface area contributed by atoms with Gasteiger partial charge in [-0.05, 0) is 109 Å². The molecule has 3 fully saturated rings. The van der Waals surface area contributed by atoms with Gasteiger partial charge in [-0.3, -0.25) is 33.6 Å². The number of rotatable bonds is 9. The third-order valence-electron chi connectivity index (χ3n) is 15.3. The molecule has 0 heterocycles. The number of ketones is 5. The van der Waals surface area contributed by atoms with E-state index < -0.39 is 80.0 Å². The number of aliphatic hydroxyl groups excluding tert-OH is 1. The fraction of sp³-hybridized carbons (Fsp3) is 0.674. The number of allylic oxidation sites excluding steroid dienone is 6. The van der Waals surface area contributed by atoms with Gasteiger partial charge in [0.2, 0.25) is 0 Å². The predicted molar refractivity (Wildman–Crippen MR) is 211 cm³/mol. The van der Waals surface area contributed by atoms with Gasteiger partial charge >= 0.3 is 11.9 Å². The van der Waals surface area contributed by atoms with E-state index in [1.54, 1.807) is 62.3 Å². The number of ether oxygens (including phenoxy) is 2. The van der Waals surface area contributed by atoms with E-state index in [-0.39, 0.29) is 65.9 Å². The van der Waals surface area contributed by atoms with Crippen molar-refractivity contribution < 1.29 is 53.2 Å². The van der Waals surface area contributed by atoms with Crippen molar-refractivity contribution in [2.75, 3.05) is 0 Å². The van der Waals surface area contributed by atoms with Crippen molar-refractivity contribution >= 4 is 40.9 Å². The Balaban J connectivity index is 1.45. The molecule has 0 amide bonds. The Kier molecular flexibility index (Phi) is 10.8. The number of carbonyl (C=O) groups excluding carboxylic acids is 7. The molecule has 11 heteroatoms. The van der Waals surface area contributed by atoms with Crippen LogP contribution in [0, 0.1) is 44.8 Å². The normalized spacial score (nSPS) is 35.4. The first-order valence-electron chi connectivity index (χ1n) is 20.1. The van der Waals surface area contributed by atoms with Gasteiger partial charge in [0.05, 0.1) is 12.5 Å². The predicted octanol–water partition coefficient (Wildman–Crippen LogP) is 6.27. The molecule has 9 atom stereocenters. The molecular formula is C46H62O11. The van der Waals surface area contributed by atoms with Crippen LogP contribution in [-0.2, 0) is 43.0 Å². The van der Waals surface area contributed by atoms with Crippen LogP contribution < -0.4 is 0 Å². The minimum Gasteiger partial charge on any atom is -0.456 e. The molecule has 2 N–H and O–H groups in total. The summed E-state index contributed by atoms with van der Waals surface area (Å²) in [6.45, 7) is 23.4. The molecule has 0 aromatic heterocycles. The molecule has 0 aromatic carbocycles. The molecule has 312 valence electrons. The van der Waals surface area contributed by atoms with Crippen LogP contribution in [0.1, 0.15) is 129 Å². The van der Waals surface area contributed by atoms with Gasteiger partial charge in [0.25, 0.3) is 0 Å². The van der Waals surface area contributed by atoms with E-state index in [1.807, 2.05) is 26.8 Å². The quantitative estimate of drug-likeness (QED) is 0.116. The smallest absolute Gasteiger partial charge is 0.307 e. The van der Waals surface area contributed by atoms with Gasteiger partial charge in [-0.2, -0.15) is 0 Å². The van der Waals surface area contributed by atoms with Gasteiger partial charge < -0.3 is 19.7 Å². The Hall–Kier alpha value is -3.83. The van der Waals surface area contributed by atoms with Crippen LogP contribution in [0.25, 0.3) is 0 Å². The summed E-state index contributed by atoms with van der Waals surface area (Å²) in [5.41, 5.74) is -6.14. The summed E-state index contributed by atoms with van der Waals surface area (Å²) in [4.78, 5) is 94.5. The number of Topliss-reactive ketones (excluding diaryl/α,β-unsaturated/α-hetero) is 4. The fourth-order valence-electron chi connectivity index (χ4n) is 12.0. The second-order valence-electron chi connectivity index (χ2n) is 20.2. The average molecular weight is 791 g/mol. The molecular weight excluding hydrogens is 728 g/mol. The molecule has 0 aromatic rings. The van der Waals surface area contributed by atoms with E-state index >= 15 is 0 Å². The molecule has 0 radical (unpaired) electrons. The van der Waals surface area contributed by atoms with Crippen LogP contribution in [0.4, 0.5) is 0 Å². The van der Waals surface area contributed by atoms with Crippen LogP contribution in [0.2, 0.25) is 0 Å². The maximum absolute atomic E-state index is 14.9. The maximum Gasteiger partial charge on any atom is 0.307 e. The number of hydrogen-bond donors (Lipinski definition) is 2. The Labute approximate surface area is 336 Å². The zero-order valence-corrected chi connectivity index (χ0v) is 36.2. The maximum atomic E-state index is 14.9. The number of esters is 2. The second-order valence-corrected chi connectivity index (χ2v) is 20.2. The highest BCUT2D eigenvalue weighted by molar-refractivity contribution is 6.25. The molecule has 5 aliphatic carbocycles. The lowest BCUT2D eigenvalue weighted by molar-refractivity contribution is -0.185. The molecule has 0 aliphatic heterocycles. The Morgan fingerprint density at radius 1 is 0.895 bits per heavy atom. The Bertz CT molecular complexity index is 1980. The van der Waals surface area contributed by atoms with Crippen molar-refractivity contribution in [1.82, 2.24) is 0 Å². The van der Waals surface area contributed by atoms with Gasteiger partial charge in [0.1, 0.15) is 17.0 Å². The summed E-state index contributed by atoms with van der Waals surface area (Å²) >= 11 is 0. The fourth-order valence-corrected chi connectivity index (χ4v) is 12.0. The van der Waals surface area contributed by atoms with Gasteiger partial charge in [0.15, 0.2) is 29.2 Å². The lowest BCUT2D eigenvalue weighted by atomic mass is 9.38. The molecule has 5 aliphatic rings. The summed E-state index contributed by atoms with van der Waals surface area (Å²) < 4.78 is 11.3. The minimum atomic E-state index is -2.08. The summed E-state index contributed by atoms with van der Waals surface area (Å²) in [5, 5.41) is 23.8. The van der Waals surface area contributed by atoms with E-state index in [2.05, 4.69) is 0 Å². The average Bonchev–Trinajstić information content (AvgIpc) is 3.27. The van der Waals surface area contributed by atoms with Crippen LogP contribution >= 0.6 is 0 Å². The third kappa shape index (κ3) is 6.68. The Morgan fingerprint density at radius 3 is 2.05 bits per heavy atom. The van der Waals surface area contributed by atoms with E-state index in [4.69, 9.17) is 9.47 Å². The van der Waals surface area contributed by atoms with Crippen molar-refractivity contribution in [2.45, 2.75) is 152 Å². The first-order chi connectivity index (χ1) is 25.8. The van der Waals surface area contributed by atoms with Gasteiger partial charge in [-0.25, -0.2) is 0 Å². The largest absolute Gasteiger partial charge is 0.456 e. The lowest BCUT2D eigenvalue weighted by Crippen LogP contribution is -2.65. The first-order valence-corrected chi connectivity index (χ1v) is 20.1. The van der Waals surface area contributed by atoms with E-state index in [0.29, 0.717) is 17.6 Å². The molecule has 3 saturated carbocycles. The van der Waals surface area contributed by atoms with Crippen molar-refractivity contribution in [2.24, 2.45) is 44.8 Å². The summed E-state index contributed by atoms with van der Waals surface area (Å²) in [6, 6.07) is 0. The van der Waals surface area contributed by atoms with Gasteiger partial charge in [0, 0.05) is 57.8 Å². The summed E-state index contributed by atoms with van der Waals surface area (Å²) in [6.07, 6.45) is 2.69. The standard InChI is InChI=1S/C46H62O11/c1-23-24(2)37(53)35(25(3)36(23)52)40(5,6)22-34(51)56-30-19-28-27(42(9,10)39(30)54)15-16-31-43(11)20-29(48)38(44(43,12)21-33(50)45(28,31)13)46(14,55)32(49)17-18-41(7,8)57-26(4)47/h15,17-18,28-31,38,48,55H,16,19-22H2,1-14H3/b18-17+/t28-,29-,30+,31+,38+,43+,44-,45+,46+/m1/s1. The number of hydrogen-bond acceptors (Lipinski definition) is 11. The SMILES string of the molecule is CC(=O)OC(C)(C)/C=C/C(=O)[C@](C)(O)[C@H]1[C@H](O)C[C@@]2(C)[C@@H]3CC=C4[C@@H](C[C@H](OC(=O)CC(C)(C)C5=C(C)C(=O)C(C)=C(C)C5=O)C(=O)C4(C)C)[C@]3(C)C(=O)C[C@]12C. The number of fused-ring (bicyclic) bond motifs is 5. The first kappa shape index (κ1) is 44.3. The van der Waals surface area contributed by atoms with Crippen molar-refractivity contribution in [3.8, 4) is 0 Å². The van der Waals surface area contributed by atoms with Crippen LogP contribution in [0.5, 0.6) is 0 Å². The molecule has 57 heavy (non-hydrogen) atoms. The zero-order chi connectivity index (χ0) is 43.4. The topological polar surface area (TPSA) is 178 Å². The zero-order valence-electron chi connectivity index (χ0n) is 36.2. The molecule has 5 rings (SSSR count). The summed E-state index contributed by atoms with van der Waals surface area (Å²) in [7, 11) is 0. The Morgan fingerprint density at radius 2 is 1.47 bits per heavy atom. The van der Waals surface area contributed by atoms with Crippen LogP contribution in [0.3, 0.4) is 0 Å². The number of carbonyl (C=O) groups is 7. The van der Waals surface area contributed by atoms with E-state index in [1.165, 1.54) is 26.0 Å². The second kappa shape index (κ2) is 13.9. The monoisotopic (exact) mass is 790 g/mol. The highest BCUT2D eigenvalue weighted by atomic mass is 16.6. The molecule has 0 saturated heterocycles. The lowest BCUT2D eigenvalue weighted by Gasteiger charge is -2.64. The molecule has 11 nitrogen and oxygen atoms in total. The highest BCUT2D eigenvalue weighted by Crippen LogP contribution is 2.74. The third-order valence-corrected chi connectivity index (χ3v) is 15.3. The van der Waals surface area contributed by atoms with E-state index in [9.17, 15) is 43.8 Å². The van der Waals surface area contributed by atoms with Gasteiger partial charge in [-0.15, -0.1) is 0 Å².